The van der Waals surface area contributed by atoms with E-state index in [1.54, 1.807) is 7.05 Å². The molecule has 0 saturated carbocycles. The third kappa shape index (κ3) is 3.29. The van der Waals surface area contributed by atoms with E-state index in [2.05, 4.69) is 31.0 Å². The Morgan fingerprint density at radius 3 is 2.64 bits per heavy atom. The minimum Gasteiger partial charge on any atom is -0.359 e. The largest absolute Gasteiger partial charge is 0.359 e. The molecular formula is C11H22N2O. The van der Waals surface area contributed by atoms with Crippen LogP contribution in [0.1, 0.15) is 27.2 Å². The summed E-state index contributed by atoms with van der Waals surface area (Å²) in [5.74, 6) is 0.406. The summed E-state index contributed by atoms with van der Waals surface area (Å²) in [6.45, 7) is 9.79. The Morgan fingerprint density at radius 1 is 1.50 bits per heavy atom. The van der Waals surface area contributed by atoms with Crippen LogP contribution in [-0.2, 0) is 4.79 Å². The average Bonchev–Trinajstić information content (AvgIpc) is 2.48. The third-order valence-corrected chi connectivity index (χ3v) is 2.59. The van der Waals surface area contributed by atoms with Crippen molar-refractivity contribution >= 4 is 5.91 Å². The Balaban J connectivity index is 2.38. The zero-order valence-electron chi connectivity index (χ0n) is 9.76. The Labute approximate surface area is 86.9 Å². The predicted molar refractivity (Wildman–Crippen MR) is 58.1 cm³/mol. The highest BCUT2D eigenvalue weighted by molar-refractivity contribution is 5.78. The van der Waals surface area contributed by atoms with Crippen molar-refractivity contribution in [3.63, 3.8) is 0 Å². The number of hydrogen-bond donors (Lipinski definition) is 1. The lowest BCUT2D eigenvalue weighted by atomic mass is 9.96. The fraction of sp³-hybridized carbons (Fsp3) is 0.909. The SMILES string of the molecule is CNC(=O)[C@@H]1CCN(CC(C)(C)C)C1. The van der Waals surface area contributed by atoms with Crippen LogP contribution >= 0.6 is 0 Å². The van der Waals surface area contributed by atoms with E-state index in [-0.39, 0.29) is 11.8 Å². The quantitative estimate of drug-likeness (QED) is 0.720. The van der Waals surface area contributed by atoms with E-state index in [1.807, 2.05) is 0 Å². The number of hydrogen-bond acceptors (Lipinski definition) is 2. The molecule has 3 nitrogen and oxygen atoms in total. The molecule has 0 spiro atoms. The van der Waals surface area contributed by atoms with E-state index in [4.69, 9.17) is 0 Å². The molecule has 1 aliphatic rings. The van der Waals surface area contributed by atoms with Crippen LogP contribution < -0.4 is 5.32 Å². The molecule has 1 heterocycles. The van der Waals surface area contributed by atoms with Gasteiger partial charge in [-0.05, 0) is 18.4 Å². The lowest BCUT2D eigenvalue weighted by molar-refractivity contribution is -0.124. The van der Waals surface area contributed by atoms with Crippen molar-refractivity contribution in [1.82, 2.24) is 10.2 Å². The topological polar surface area (TPSA) is 32.3 Å². The fourth-order valence-corrected chi connectivity index (χ4v) is 2.07. The van der Waals surface area contributed by atoms with Crippen LogP contribution in [-0.4, -0.2) is 37.5 Å². The number of rotatable bonds is 2. The first kappa shape index (κ1) is 11.5. The molecule has 14 heavy (non-hydrogen) atoms. The molecule has 0 bridgehead atoms. The Morgan fingerprint density at radius 2 is 2.14 bits per heavy atom. The second-order valence-electron chi connectivity index (χ2n) is 5.40. The van der Waals surface area contributed by atoms with E-state index in [0.29, 0.717) is 5.41 Å². The van der Waals surface area contributed by atoms with Gasteiger partial charge in [0, 0.05) is 20.1 Å². The van der Waals surface area contributed by atoms with Gasteiger partial charge in [-0.1, -0.05) is 20.8 Å². The first-order valence-corrected chi connectivity index (χ1v) is 5.36. The molecule has 1 amide bonds. The van der Waals surface area contributed by atoms with Crippen LogP contribution in [0.15, 0.2) is 0 Å². The fourth-order valence-electron chi connectivity index (χ4n) is 2.07. The summed E-state index contributed by atoms with van der Waals surface area (Å²) >= 11 is 0. The van der Waals surface area contributed by atoms with Gasteiger partial charge in [0.25, 0.3) is 0 Å². The van der Waals surface area contributed by atoms with Gasteiger partial charge in [-0.15, -0.1) is 0 Å². The standard InChI is InChI=1S/C11H22N2O/c1-11(2,3)8-13-6-5-9(7-13)10(14)12-4/h9H,5-8H2,1-4H3,(H,12,14)/t9-/m1/s1. The molecule has 1 atom stereocenters. The average molecular weight is 198 g/mol. The monoisotopic (exact) mass is 198 g/mol. The van der Waals surface area contributed by atoms with Crippen molar-refractivity contribution in [3.8, 4) is 0 Å². The normalized spacial score (nSPS) is 23.9. The summed E-state index contributed by atoms with van der Waals surface area (Å²) in [5.41, 5.74) is 0.331. The molecule has 1 saturated heterocycles. The summed E-state index contributed by atoms with van der Waals surface area (Å²) in [6, 6.07) is 0. The number of carbonyl (C=O) groups excluding carboxylic acids is 1. The molecule has 0 aromatic carbocycles. The maximum absolute atomic E-state index is 11.4. The van der Waals surface area contributed by atoms with Crippen molar-refractivity contribution in [3.05, 3.63) is 0 Å². The number of nitrogens with one attached hydrogen (secondary N) is 1. The summed E-state index contributed by atoms with van der Waals surface area (Å²) in [5, 5.41) is 2.72. The van der Waals surface area contributed by atoms with E-state index < -0.39 is 0 Å². The van der Waals surface area contributed by atoms with Gasteiger partial charge in [-0.3, -0.25) is 4.79 Å². The second-order valence-corrected chi connectivity index (χ2v) is 5.40. The van der Waals surface area contributed by atoms with Crippen LogP contribution in [0, 0.1) is 11.3 Å². The lowest BCUT2D eigenvalue weighted by Gasteiger charge is -2.26. The van der Waals surface area contributed by atoms with Gasteiger partial charge >= 0.3 is 0 Å². The number of carbonyl (C=O) groups is 1. The summed E-state index contributed by atoms with van der Waals surface area (Å²) < 4.78 is 0. The lowest BCUT2D eigenvalue weighted by Crippen LogP contribution is -2.33. The van der Waals surface area contributed by atoms with Crippen molar-refractivity contribution in [2.24, 2.45) is 11.3 Å². The second kappa shape index (κ2) is 4.30. The molecule has 1 rings (SSSR count). The van der Waals surface area contributed by atoms with E-state index in [0.717, 1.165) is 26.1 Å². The van der Waals surface area contributed by atoms with Crippen molar-refractivity contribution in [1.29, 1.82) is 0 Å². The molecule has 0 unspecified atom stereocenters. The summed E-state index contributed by atoms with van der Waals surface area (Å²) in [4.78, 5) is 13.8. The van der Waals surface area contributed by atoms with E-state index in [9.17, 15) is 4.79 Å². The van der Waals surface area contributed by atoms with Gasteiger partial charge in [-0.2, -0.15) is 0 Å². The van der Waals surface area contributed by atoms with Gasteiger partial charge in [0.1, 0.15) is 0 Å². The van der Waals surface area contributed by atoms with Crippen LogP contribution in [0.25, 0.3) is 0 Å². The first-order chi connectivity index (χ1) is 6.42. The van der Waals surface area contributed by atoms with Crippen molar-refractivity contribution in [2.75, 3.05) is 26.7 Å². The Hall–Kier alpha value is -0.570. The molecule has 1 fully saturated rings. The number of amides is 1. The molecular weight excluding hydrogens is 176 g/mol. The smallest absolute Gasteiger partial charge is 0.224 e. The zero-order chi connectivity index (χ0) is 10.8. The van der Waals surface area contributed by atoms with Crippen LogP contribution in [0.5, 0.6) is 0 Å². The zero-order valence-corrected chi connectivity index (χ0v) is 9.76. The van der Waals surface area contributed by atoms with Crippen molar-refractivity contribution < 1.29 is 4.79 Å². The maximum atomic E-state index is 11.4. The van der Waals surface area contributed by atoms with Gasteiger partial charge < -0.3 is 10.2 Å². The minimum absolute atomic E-state index is 0.196. The van der Waals surface area contributed by atoms with E-state index >= 15 is 0 Å². The minimum atomic E-state index is 0.196. The molecule has 1 N–H and O–H groups in total. The van der Waals surface area contributed by atoms with Gasteiger partial charge in [0.05, 0.1) is 5.92 Å². The Bertz CT molecular complexity index is 208. The van der Waals surface area contributed by atoms with Gasteiger partial charge in [-0.25, -0.2) is 0 Å². The van der Waals surface area contributed by atoms with Crippen LogP contribution in [0.2, 0.25) is 0 Å². The molecule has 1 aliphatic heterocycles. The highest BCUT2D eigenvalue weighted by Gasteiger charge is 2.29. The third-order valence-electron chi connectivity index (χ3n) is 2.59. The molecule has 0 aliphatic carbocycles. The van der Waals surface area contributed by atoms with Crippen LogP contribution in [0.3, 0.4) is 0 Å². The summed E-state index contributed by atoms with van der Waals surface area (Å²) in [6.07, 6.45) is 1.01. The maximum Gasteiger partial charge on any atom is 0.224 e. The summed E-state index contributed by atoms with van der Waals surface area (Å²) in [7, 11) is 1.72. The van der Waals surface area contributed by atoms with Crippen molar-refractivity contribution in [2.45, 2.75) is 27.2 Å². The van der Waals surface area contributed by atoms with E-state index in [1.165, 1.54) is 0 Å². The number of nitrogens with zero attached hydrogens (tertiary/aromatic N) is 1. The number of likely N-dealkylation sites (tertiary alicyclic amines) is 1. The molecule has 0 aromatic rings. The molecule has 3 heteroatoms. The molecule has 82 valence electrons. The highest BCUT2D eigenvalue weighted by Crippen LogP contribution is 2.22. The highest BCUT2D eigenvalue weighted by atomic mass is 16.1. The molecule has 0 aromatic heterocycles. The van der Waals surface area contributed by atoms with Crippen LogP contribution in [0.4, 0.5) is 0 Å². The van der Waals surface area contributed by atoms with Gasteiger partial charge in [0.15, 0.2) is 0 Å². The Kier molecular flexibility index (Phi) is 3.53. The molecule has 0 radical (unpaired) electrons. The first-order valence-electron chi connectivity index (χ1n) is 5.36. The predicted octanol–water partition coefficient (Wildman–Crippen LogP) is 1.10. The van der Waals surface area contributed by atoms with Gasteiger partial charge in [0.2, 0.25) is 5.91 Å².